The monoisotopic (exact) mass is 696 g/mol. The molecule has 1 saturated carbocycles. The van der Waals surface area contributed by atoms with Crippen molar-refractivity contribution >= 4 is 67.8 Å². The molecule has 1 aliphatic carbocycles. The van der Waals surface area contributed by atoms with Crippen molar-refractivity contribution in [3.05, 3.63) is 22.3 Å². The molecule has 0 spiro atoms. The maximum Gasteiger partial charge on any atom is 0.186 e. The van der Waals surface area contributed by atoms with Crippen LogP contribution in [0.1, 0.15) is 82.5 Å². The fraction of sp³-hybridized carbons (Fsp3) is 0.700. The van der Waals surface area contributed by atoms with E-state index in [9.17, 15) is 5.11 Å². The molecule has 2 bridgehead atoms. The zero-order valence-electron chi connectivity index (χ0n) is 15.0. The average molecular weight is 696 g/mol. The zero-order chi connectivity index (χ0) is 18.5. The van der Waals surface area contributed by atoms with Gasteiger partial charge in [0.05, 0.1) is 19.3 Å². The molecule has 4 rings (SSSR count). The van der Waals surface area contributed by atoms with Crippen LogP contribution in [-0.4, -0.2) is 17.3 Å². The third kappa shape index (κ3) is 5.82. The number of fused-ring (bicyclic) bond motifs is 11. The number of halogens is 3. The fourth-order valence-electron chi connectivity index (χ4n) is 3.91. The summed E-state index contributed by atoms with van der Waals surface area (Å²) < 4.78 is 15.9. The van der Waals surface area contributed by atoms with Gasteiger partial charge in [0.2, 0.25) is 0 Å². The summed E-state index contributed by atoms with van der Waals surface area (Å²) in [7, 11) is 0. The molecule has 1 aromatic rings. The van der Waals surface area contributed by atoms with E-state index in [0.29, 0.717) is 5.75 Å². The molecular weight excluding hydrogens is 669 g/mol. The summed E-state index contributed by atoms with van der Waals surface area (Å²) in [5.74, 6) is 0.349. The van der Waals surface area contributed by atoms with Gasteiger partial charge in [-0.1, -0.05) is 38.5 Å². The van der Waals surface area contributed by atoms with Crippen LogP contribution in [0, 0.1) is 10.7 Å². The van der Waals surface area contributed by atoms with E-state index in [1.807, 2.05) is 6.07 Å². The van der Waals surface area contributed by atoms with Gasteiger partial charge in [0.15, 0.2) is 6.29 Å². The van der Waals surface area contributed by atoms with Gasteiger partial charge in [0.25, 0.3) is 0 Å². The number of hydrogen-bond acceptors (Lipinski definition) is 3. The summed E-state index contributed by atoms with van der Waals surface area (Å²) in [4.78, 5) is 0. The Morgan fingerprint density at radius 2 is 1.23 bits per heavy atom. The number of benzene rings is 1. The fourth-order valence-corrected chi connectivity index (χ4v) is 7.79. The third-order valence-corrected chi connectivity index (χ3v) is 8.21. The summed E-state index contributed by atoms with van der Waals surface area (Å²) in [5, 5.41) is 10.5. The Balaban J connectivity index is 1.90. The number of rotatable bonds is 1. The van der Waals surface area contributed by atoms with Crippen LogP contribution in [0.4, 0.5) is 0 Å². The number of ether oxygens (including phenoxy) is 2. The van der Waals surface area contributed by atoms with Gasteiger partial charge in [-0.25, -0.2) is 0 Å². The van der Waals surface area contributed by atoms with Crippen LogP contribution in [0.3, 0.4) is 0 Å². The van der Waals surface area contributed by atoms with Crippen molar-refractivity contribution in [3.63, 3.8) is 0 Å². The van der Waals surface area contributed by atoms with E-state index >= 15 is 0 Å². The average Bonchev–Trinajstić information content (AvgIpc) is 2.61. The maximum absolute atomic E-state index is 10.5. The summed E-state index contributed by atoms with van der Waals surface area (Å²) in [6, 6.07) is 2.03. The lowest BCUT2D eigenvalue weighted by molar-refractivity contribution is -0.215. The standard InChI is InChI=1S/C20H27I3O3/c21-15-12-16(22)19(24)18(23)17(15)20-25-13-8-5-3-1-2-4-6-9-14(26-20)11-7-10-13/h12-14,20,24H,1-11H2. The number of hydrogen-bond donors (Lipinski definition) is 1. The largest absolute Gasteiger partial charge is 0.506 e. The van der Waals surface area contributed by atoms with Gasteiger partial charge in [-0.3, -0.25) is 0 Å². The Morgan fingerprint density at radius 3 is 1.81 bits per heavy atom. The molecule has 3 aliphatic rings. The van der Waals surface area contributed by atoms with Crippen LogP contribution in [0.15, 0.2) is 6.07 Å². The topological polar surface area (TPSA) is 38.7 Å². The highest BCUT2D eigenvalue weighted by Gasteiger charge is 2.30. The van der Waals surface area contributed by atoms with Crippen molar-refractivity contribution in [1.82, 2.24) is 0 Å². The van der Waals surface area contributed by atoms with E-state index in [1.54, 1.807) is 0 Å². The van der Waals surface area contributed by atoms with E-state index in [1.165, 1.54) is 44.9 Å². The third-order valence-electron chi connectivity index (χ3n) is 5.40. The van der Waals surface area contributed by atoms with Gasteiger partial charge in [0.1, 0.15) is 5.75 Å². The summed E-state index contributed by atoms with van der Waals surface area (Å²) in [6.45, 7) is 0. The Bertz CT molecular complexity index is 584. The Hall–Kier alpha value is 1.13. The summed E-state index contributed by atoms with van der Waals surface area (Å²) >= 11 is 6.78. The first-order valence-corrected chi connectivity index (χ1v) is 13.0. The van der Waals surface area contributed by atoms with E-state index in [4.69, 9.17) is 9.47 Å². The molecule has 0 amide bonds. The lowest BCUT2D eigenvalue weighted by Crippen LogP contribution is -2.28. The molecule has 2 unspecified atom stereocenters. The second-order valence-corrected chi connectivity index (χ2v) is 10.8. The molecule has 1 aromatic carbocycles. The van der Waals surface area contributed by atoms with E-state index < -0.39 is 0 Å². The van der Waals surface area contributed by atoms with Crippen LogP contribution < -0.4 is 0 Å². The molecule has 2 atom stereocenters. The molecular formula is C20H27I3O3. The van der Waals surface area contributed by atoms with E-state index in [0.717, 1.165) is 42.0 Å². The number of aromatic hydroxyl groups is 1. The lowest BCUT2D eigenvalue weighted by atomic mass is 10.0. The Morgan fingerprint density at radius 1 is 0.731 bits per heavy atom. The first kappa shape index (κ1) is 21.8. The quantitative estimate of drug-likeness (QED) is 0.314. The van der Waals surface area contributed by atoms with Gasteiger partial charge in [-0.2, -0.15) is 0 Å². The second kappa shape index (κ2) is 10.8. The molecule has 3 fully saturated rings. The van der Waals surface area contributed by atoms with Crippen molar-refractivity contribution in [1.29, 1.82) is 0 Å². The molecule has 1 N–H and O–H groups in total. The summed E-state index contributed by atoms with van der Waals surface area (Å²) in [6.07, 6.45) is 13.6. The van der Waals surface area contributed by atoms with Crippen molar-refractivity contribution in [2.24, 2.45) is 0 Å². The molecule has 146 valence electrons. The second-order valence-electron chi connectivity index (χ2n) is 7.39. The van der Waals surface area contributed by atoms with Crippen LogP contribution in [0.5, 0.6) is 5.75 Å². The predicted octanol–water partition coefficient (Wildman–Crippen LogP) is 7.29. The van der Waals surface area contributed by atoms with Crippen LogP contribution in [0.2, 0.25) is 0 Å². The maximum atomic E-state index is 10.5. The first-order chi connectivity index (χ1) is 12.6. The molecule has 6 heteroatoms. The van der Waals surface area contributed by atoms with Gasteiger partial charge in [-0.05, 0) is 106 Å². The minimum atomic E-state index is -0.368. The molecule has 2 saturated heterocycles. The molecule has 26 heavy (non-hydrogen) atoms. The number of phenols is 1. The van der Waals surface area contributed by atoms with Gasteiger partial charge in [-0.15, -0.1) is 0 Å². The SMILES string of the molecule is Oc1c(I)cc(I)c(C2OC3CCCCCCCCC(CCC3)O2)c1I. The predicted molar refractivity (Wildman–Crippen MR) is 130 cm³/mol. The van der Waals surface area contributed by atoms with Crippen molar-refractivity contribution in [2.45, 2.75) is 89.1 Å². The highest BCUT2D eigenvalue weighted by atomic mass is 127. The van der Waals surface area contributed by atoms with Crippen molar-refractivity contribution < 1.29 is 14.6 Å². The highest BCUT2D eigenvalue weighted by molar-refractivity contribution is 14.1. The minimum Gasteiger partial charge on any atom is -0.506 e. The zero-order valence-corrected chi connectivity index (χ0v) is 21.5. The van der Waals surface area contributed by atoms with E-state index in [2.05, 4.69) is 67.8 Å². The smallest absolute Gasteiger partial charge is 0.186 e. The Kier molecular flexibility index (Phi) is 9.05. The van der Waals surface area contributed by atoms with Crippen molar-refractivity contribution in [2.75, 3.05) is 0 Å². The number of phenolic OH excluding ortho intramolecular Hbond substituents is 1. The molecule has 2 heterocycles. The van der Waals surface area contributed by atoms with Gasteiger partial charge >= 0.3 is 0 Å². The molecule has 2 aliphatic heterocycles. The lowest BCUT2D eigenvalue weighted by Gasteiger charge is -2.33. The molecule has 0 aromatic heterocycles. The van der Waals surface area contributed by atoms with Crippen molar-refractivity contribution in [3.8, 4) is 5.75 Å². The summed E-state index contributed by atoms with van der Waals surface area (Å²) in [5.41, 5.74) is 1.01. The highest BCUT2D eigenvalue weighted by Crippen LogP contribution is 2.40. The Labute approximate surface area is 197 Å². The van der Waals surface area contributed by atoms with Gasteiger partial charge < -0.3 is 14.6 Å². The van der Waals surface area contributed by atoms with Crippen LogP contribution in [0.25, 0.3) is 0 Å². The molecule has 0 radical (unpaired) electrons. The molecule has 3 nitrogen and oxygen atoms in total. The van der Waals surface area contributed by atoms with E-state index in [-0.39, 0.29) is 18.5 Å². The minimum absolute atomic E-state index is 0.259. The van der Waals surface area contributed by atoms with Crippen LogP contribution >= 0.6 is 67.8 Å². The van der Waals surface area contributed by atoms with Gasteiger partial charge in [0, 0.05) is 9.13 Å². The normalized spacial score (nSPS) is 28.7. The first-order valence-electron chi connectivity index (χ1n) is 9.73. The van der Waals surface area contributed by atoms with Crippen LogP contribution in [-0.2, 0) is 9.47 Å².